The maximum absolute atomic E-state index is 11.8. The number of guanidine groups is 1. The molecular formula is C19H40IN5O2. The standard InChI is InChI=1S/C19H39N5O2.HI/c1-6-20-18(22-14-17-10-9-11-24(17)7-2)21-13-16(12-15(4)5)23-19(25)26-8-3;/h15-17H,6-14H2,1-5H3,(H,23,25)(H2,20,21,22);1H. The van der Waals surface area contributed by atoms with Gasteiger partial charge in [0, 0.05) is 19.1 Å². The number of ether oxygens (including phenoxy) is 1. The molecule has 3 N–H and O–H groups in total. The Hall–Kier alpha value is -0.770. The highest BCUT2D eigenvalue weighted by atomic mass is 127. The molecule has 0 aromatic carbocycles. The van der Waals surface area contributed by atoms with Gasteiger partial charge in [0.1, 0.15) is 0 Å². The van der Waals surface area contributed by atoms with Gasteiger partial charge in [-0.1, -0.05) is 20.8 Å². The van der Waals surface area contributed by atoms with Gasteiger partial charge in [-0.2, -0.15) is 0 Å². The van der Waals surface area contributed by atoms with Crippen LogP contribution in [0.25, 0.3) is 0 Å². The molecule has 0 aromatic heterocycles. The zero-order valence-electron chi connectivity index (χ0n) is 17.7. The normalized spacial score (nSPS) is 18.7. The fourth-order valence-electron chi connectivity index (χ4n) is 3.39. The van der Waals surface area contributed by atoms with E-state index in [1.165, 1.54) is 19.4 Å². The SMILES string of the molecule is CCNC(=NCC(CC(C)C)NC(=O)OCC)NCC1CCCN1CC.I. The van der Waals surface area contributed by atoms with Crippen LogP contribution in [0.5, 0.6) is 0 Å². The molecule has 1 rings (SSSR count). The van der Waals surface area contributed by atoms with E-state index in [2.05, 4.69) is 48.5 Å². The molecule has 1 aliphatic heterocycles. The van der Waals surface area contributed by atoms with Gasteiger partial charge >= 0.3 is 6.09 Å². The second-order valence-corrected chi connectivity index (χ2v) is 7.22. The number of hydrogen-bond acceptors (Lipinski definition) is 4. The molecule has 8 heteroatoms. The first-order chi connectivity index (χ1) is 12.5. The van der Waals surface area contributed by atoms with Gasteiger partial charge in [-0.25, -0.2) is 4.79 Å². The third kappa shape index (κ3) is 11.0. The summed E-state index contributed by atoms with van der Waals surface area (Å²) in [5.41, 5.74) is 0. The van der Waals surface area contributed by atoms with E-state index in [4.69, 9.17) is 9.73 Å². The monoisotopic (exact) mass is 497 g/mol. The van der Waals surface area contributed by atoms with Crippen LogP contribution in [0.4, 0.5) is 4.79 Å². The Kier molecular flexibility index (Phi) is 14.8. The maximum Gasteiger partial charge on any atom is 0.407 e. The van der Waals surface area contributed by atoms with Gasteiger partial charge in [0.2, 0.25) is 0 Å². The van der Waals surface area contributed by atoms with Crippen LogP contribution < -0.4 is 16.0 Å². The average molecular weight is 497 g/mol. The van der Waals surface area contributed by atoms with Gasteiger partial charge < -0.3 is 20.7 Å². The number of carbonyl (C=O) groups is 1. The van der Waals surface area contributed by atoms with Crippen LogP contribution in [-0.2, 0) is 4.74 Å². The second-order valence-electron chi connectivity index (χ2n) is 7.22. The molecule has 0 aliphatic carbocycles. The fraction of sp³-hybridized carbons (Fsp3) is 0.895. The molecule has 2 unspecified atom stereocenters. The van der Waals surface area contributed by atoms with E-state index in [0.29, 0.717) is 25.1 Å². The average Bonchev–Trinajstić information content (AvgIpc) is 3.04. The number of nitrogens with zero attached hydrogens (tertiary/aromatic N) is 2. The third-order valence-corrected chi connectivity index (χ3v) is 4.58. The highest BCUT2D eigenvalue weighted by molar-refractivity contribution is 14.0. The van der Waals surface area contributed by atoms with E-state index < -0.39 is 0 Å². The van der Waals surface area contributed by atoms with Crippen molar-refractivity contribution in [3.05, 3.63) is 0 Å². The van der Waals surface area contributed by atoms with Crippen LogP contribution in [0.1, 0.15) is 53.9 Å². The summed E-state index contributed by atoms with van der Waals surface area (Å²) in [6.45, 7) is 15.3. The van der Waals surface area contributed by atoms with Crippen molar-refractivity contribution < 1.29 is 9.53 Å². The van der Waals surface area contributed by atoms with Gasteiger partial charge in [-0.05, 0) is 52.1 Å². The molecule has 27 heavy (non-hydrogen) atoms. The van der Waals surface area contributed by atoms with E-state index in [9.17, 15) is 4.79 Å². The topological polar surface area (TPSA) is 78.0 Å². The lowest BCUT2D eigenvalue weighted by Crippen LogP contribution is -2.46. The Morgan fingerprint density at radius 3 is 2.59 bits per heavy atom. The smallest absolute Gasteiger partial charge is 0.407 e. The Labute approximate surface area is 182 Å². The van der Waals surface area contributed by atoms with Crippen LogP contribution in [0.15, 0.2) is 4.99 Å². The number of likely N-dealkylation sites (tertiary alicyclic amines) is 1. The number of alkyl carbamates (subject to hydrolysis) is 1. The number of rotatable bonds is 10. The molecule has 7 nitrogen and oxygen atoms in total. The minimum Gasteiger partial charge on any atom is -0.450 e. The van der Waals surface area contributed by atoms with Crippen LogP contribution >= 0.6 is 24.0 Å². The van der Waals surface area contributed by atoms with E-state index >= 15 is 0 Å². The molecule has 1 heterocycles. The Balaban J connectivity index is 0.00000676. The molecule has 0 spiro atoms. The van der Waals surface area contributed by atoms with E-state index in [0.717, 1.165) is 32.0 Å². The molecule has 0 radical (unpaired) electrons. The highest BCUT2D eigenvalue weighted by Crippen LogP contribution is 2.15. The van der Waals surface area contributed by atoms with Crippen molar-refractivity contribution in [2.45, 2.75) is 66.0 Å². The molecular weight excluding hydrogens is 457 g/mol. The summed E-state index contributed by atoms with van der Waals surface area (Å²) in [4.78, 5) is 19.0. The lowest BCUT2D eigenvalue weighted by atomic mass is 10.0. The van der Waals surface area contributed by atoms with Crippen LogP contribution in [-0.4, -0.2) is 68.4 Å². The quantitative estimate of drug-likeness (QED) is 0.246. The predicted molar refractivity (Wildman–Crippen MR) is 123 cm³/mol. The molecule has 1 amide bonds. The molecule has 0 bridgehead atoms. The Morgan fingerprint density at radius 2 is 2.00 bits per heavy atom. The fourth-order valence-corrected chi connectivity index (χ4v) is 3.39. The third-order valence-electron chi connectivity index (χ3n) is 4.58. The number of halogens is 1. The summed E-state index contributed by atoms with van der Waals surface area (Å²) >= 11 is 0. The highest BCUT2D eigenvalue weighted by Gasteiger charge is 2.23. The number of amides is 1. The zero-order chi connectivity index (χ0) is 19.4. The maximum atomic E-state index is 11.8. The van der Waals surface area contributed by atoms with Crippen molar-refractivity contribution >= 4 is 36.0 Å². The number of hydrogen-bond donors (Lipinski definition) is 3. The van der Waals surface area contributed by atoms with Crippen molar-refractivity contribution in [3.8, 4) is 0 Å². The van der Waals surface area contributed by atoms with Crippen molar-refractivity contribution in [2.24, 2.45) is 10.9 Å². The van der Waals surface area contributed by atoms with Crippen LogP contribution in [0.3, 0.4) is 0 Å². The number of likely N-dealkylation sites (N-methyl/N-ethyl adjacent to an activating group) is 1. The molecule has 1 fully saturated rings. The van der Waals surface area contributed by atoms with Crippen molar-refractivity contribution in [1.82, 2.24) is 20.9 Å². The minimum absolute atomic E-state index is 0. The lowest BCUT2D eigenvalue weighted by Gasteiger charge is -2.24. The summed E-state index contributed by atoms with van der Waals surface area (Å²) in [5.74, 6) is 1.29. The number of aliphatic imine (C=N–C) groups is 1. The summed E-state index contributed by atoms with van der Waals surface area (Å²) in [7, 11) is 0. The van der Waals surface area contributed by atoms with Gasteiger partial charge in [-0.3, -0.25) is 9.89 Å². The minimum atomic E-state index is -0.365. The molecule has 0 aromatic rings. The van der Waals surface area contributed by atoms with E-state index in [1.54, 1.807) is 0 Å². The Morgan fingerprint density at radius 1 is 1.26 bits per heavy atom. The van der Waals surface area contributed by atoms with Gasteiger partial charge in [0.25, 0.3) is 0 Å². The summed E-state index contributed by atoms with van der Waals surface area (Å²) < 4.78 is 5.01. The van der Waals surface area contributed by atoms with Crippen molar-refractivity contribution in [1.29, 1.82) is 0 Å². The summed E-state index contributed by atoms with van der Waals surface area (Å²) in [5, 5.41) is 9.70. The first-order valence-electron chi connectivity index (χ1n) is 10.2. The second kappa shape index (κ2) is 15.2. The predicted octanol–water partition coefficient (Wildman–Crippen LogP) is 2.80. The van der Waals surface area contributed by atoms with Crippen molar-refractivity contribution in [2.75, 3.05) is 39.3 Å². The zero-order valence-corrected chi connectivity index (χ0v) is 20.0. The Bertz CT molecular complexity index is 434. The van der Waals surface area contributed by atoms with E-state index in [-0.39, 0.29) is 36.1 Å². The first kappa shape index (κ1) is 26.2. The molecule has 1 saturated heterocycles. The number of nitrogens with one attached hydrogen (secondary N) is 3. The molecule has 160 valence electrons. The molecule has 1 aliphatic rings. The number of carbonyl (C=O) groups excluding carboxylic acids is 1. The summed E-state index contributed by atoms with van der Waals surface area (Å²) in [6.07, 6.45) is 3.01. The van der Waals surface area contributed by atoms with Gasteiger partial charge in [-0.15, -0.1) is 24.0 Å². The first-order valence-corrected chi connectivity index (χ1v) is 10.2. The van der Waals surface area contributed by atoms with Crippen LogP contribution in [0.2, 0.25) is 0 Å². The van der Waals surface area contributed by atoms with Crippen molar-refractivity contribution in [3.63, 3.8) is 0 Å². The molecule has 2 atom stereocenters. The van der Waals surface area contributed by atoms with Gasteiger partial charge in [0.05, 0.1) is 19.2 Å². The van der Waals surface area contributed by atoms with E-state index in [1.807, 2.05) is 6.92 Å². The summed E-state index contributed by atoms with van der Waals surface area (Å²) in [6, 6.07) is 0.552. The molecule has 0 saturated carbocycles. The lowest BCUT2D eigenvalue weighted by molar-refractivity contribution is 0.147. The van der Waals surface area contributed by atoms with Gasteiger partial charge in [0.15, 0.2) is 5.96 Å². The van der Waals surface area contributed by atoms with Crippen LogP contribution in [0, 0.1) is 5.92 Å². The largest absolute Gasteiger partial charge is 0.450 e.